The summed E-state index contributed by atoms with van der Waals surface area (Å²) in [5.41, 5.74) is 1.22. The van der Waals surface area contributed by atoms with Crippen LogP contribution in [-0.4, -0.2) is 53.8 Å². The van der Waals surface area contributed by atoms with Gasteiger partial charge >= 0.3 is 0 Å². The lowest BCUT2D eigenvalue weighted by Gasteiger charge is -2.34. The molecule has 30 heavy (non-hydrogen) atoms. The summed E-state index contributed by atoms with van der Waals surface area (Å²) in [6, 6.07) is 8.01. The number of carbonyl (C=O) groups excluding carboxylic acids is 1. The van der Waals surface area contributed by atoms with Crippen LogP contribution in [0.25, 0.3) is 0 Å². The van der Waals surface area contributed by atoms with Gasteiger partial charge in [-0.1, -0.05) is 56.6 Å². The Balaban J connectivity index is 1.25. The number of rotatable bonds is 6. The first-order valence-corrected chi connectivity index (χ1v) is 12.0. The first kappa shape index (κ1) is 21.1. The van der Waals surface area contributed by atoms with Gasteiger partial charge in [0.25, 0.3) is 5.91 Å². The molecule has 0 radical (unpaired) electrons. The number of hydrogen-bond acceptors (Lipinski definition) is 6. The van der Waals surface area contributed by atoms with Crippen molar-refractivity contribution in [2.24, 2.45) is 0 Å². The Hall–Kier alpha value is -2.15. The van der Waals surface area contributed by atoms with E-state index in [1.165, 1.54) is 42.7 Å². The summed E-state index contributed by atoms with van der Waals surface area (Å²) in [5.74, 6) is 1.84. The second-order valence-corrected chi connectivity index (χ2v) is 9.63. The Kier molecular flexibility index (Phi) is 6.87. The molecule has 1 aliphatic carbocycles. The predicted octanol–water partition coefficient (Wildman–Crippen LogP) is 4.44. The van der Waals surface area contributed by atoms with Gasteiger partial charge in [0, 0.05) is 32.1 Å². The van der Waals surface area contributed by atoms with E-state index in [4.69, 9.17) is 4.74 Å². The fraction of sp³-hybridized carbons (Fsp3) is 0.609. The lowest BCUT2D eigenvalue weighted by Crippen LogP contribution is -2.50. The third kappa shape index (κ3) is 5.12. The molecule has 2 aromatic rings. The van der Waals surface area contributed by atoms with E-state index in [-0.39, 0.29) is 12.5 Å². The summed E-state index contributed by atoms with van der Waals surface area (Å²) < 4.78 is 5.77. The van der Waals surface area contributed by atoms with E-state index < -0.39 is 0 Å². The number of anilines is 1. The zero-order valence-electron chi connectivity index (χ0n) is 18.0. The van der Waals surface area contributed by atoms with Crippen LogP contribution in [-0.2, 0) is 4.79 Å². The molecule has 162 valence electrons. The van der Waals surface area contributed by atoms with Gasteiger partial charge in [0.2, 0.25) is 5.13 Å². The van der Waals surface area contributed by atoms with Crippen LogP contribution >= 0.6 is 11.3 Å². The SMILES string of the molecule is CC(C)c1cccc(OCC(=O)N2CCN(c3nnc(C4CCCCC4)s3)CC2)c1. The fourth-order valence-electron chi connectivity index (χ4n) is 4.22. The van der Waals surface area contributed by atoms with Crippen LogP contribution in [0.1, 0.15) is 68.4 Å². The lowest BCUT2D eigenvalue weighted by atomic mass is 9.90. The second kappa shape index (κ2) is 9.77. The van der Waals surface area contributed by atoms with Crippen LogP contribution in [0.5, 0.6) is 5.75 Å². The number of piperazine rings is 1. The molecule has 0 spiro atoms. The van der Waals surface area contributed by atoms with Gasteiger partial charge < -0.3 is 14.5 Å². The largest absolute Gasteiger partial charge is 0.484 e. The molecule has 7 heteroatoms. The number of amides is 1. The van der Waals surface area contributed by atoms with E-state index >= 15 is 0 Å². The van der Waals surface area contributed by atoms with Crippen molar-refractivity contribution in [1.29, 1.82) is 0 Å². The fourth-order valence-corrected chi connectivity index (χ4v) is 5.28. The van der Waals surface area contributed by atoms with Crippen LogP contribution in [0.2, 0.25) is 0 Å². The molecule has 1 amide bonds. The number of carbonyl (C=O) groups is 1. The summed E-state index contributed by atoms with van der Waals surface area (Å²) in [5, 5.41) is 11.1. The number of ether oxygens (including phenoxy) is 1. The first-order chi connectivity index (χ1) is 14.6. The van der Waals surface area contributed by atoms with Gasteiger partial charge in [0.15, 0.2) is 6.61 Å². The highest BCUT2D eigenvalue weighted by molar-refractivity contribution is 7.15. The Morgan fingerprint density at radius 2 is 1.90 bits per heavy atom. The van der Waals surface area contributed by atoms with E-state index in [2.05, 4.69) is 35.0 Å². The highest BCUT2D eigenvalue weighted by Crippen LogP contribution is 2.36. The highest BCUT2D eigenvalue weighted by Gasteiger charge is 2.25. The number of benzene rings is 1. The van der Waals surface area contributed by atoms with Gasteiger partial charge in [0.05, 0.1) is 0 Å². The Morgan fingerprint density at radius 3 is 2.63 bits per heavy atom. The van der Waals surface area contributed by atoms with Crippen molar-refractivity contribution in [3.8, 4) is 5.75 Å². The average Bonchev–Trinajstić information content (AvgIpc) is 3.29. The summed E-state index contributed by atoms with van der Waals surface area (Å²) >= 11 is 1.74. The van der Waals surface area contributed by atoms with Crippen LogP contribution in [0.3, 0.4) is 0 Å². The van der Waals surface area contributed by atoms with E-state index in [1.54, 1.807) is 11.3 Å². The molecule has 1 aromatic carbocycles. The minimum atomic E-state index is 0.0461. The van der Waals surface area contributed by atoms with Gasteiger partial charge in [-0.15, -0.1) is 10.2 Å². The van der Waals surface area contributed by atoms with E-state index in [1.807, 2.05) is 23.1 Å². The smallest absolute Gasteiger partial charge is 0.260 e. The third-order valence-electron chi connectivity index (χ3n) is 6.17. The molecule has 6 nitrogen and oxygen atoms in total. The zero-order valence-corrected chi connectivity index (χ0v) is 18.9. The Morgan fingerprint density at radius 1 is 1.13 bits per heavy atom. The van der Waals surface area contributed by atoms with Gasteiger partial charge in [0.1, 0.15) is 10.8 Å². The molecule has 4 rings (SSSR count). The van der Waals surface area contributed by atoms with Crippen molar-refractivity contribution in [2.75, 3.05) is 37.7 Å². The molecular formula is C23H32N4O2S. The van der Waals surface area contributed by atoms with Crippen LogP contribution < -0.4 is 9.64 Å². The van der Waals surface area contributed by atoms with Gasteiger partial charge in [-0.2, -0.15) is 0 Å². The Bertz CT molecular complexity index is 839. The quantitative estimate of drug-likeness (QED) is 0.681. The standard InChI is InChI=1S/C23H32N4O2S/c1-17(2)19-9-6-10-20(15-19)29-16-21(28)26-11-13-27(14-12-26)23-25-24-22(30-23)18-7-4-3-5-8-18/h6,9-10,15,17-18H,3-5,7-8,11-14,16H2,1-2H3. The monoisotopic (exact) mass is 428 g/mol. The molecule has 1 saturated heterocycles. The van der Waals surface area contributed by atoms with E-state index in [9.17, 15) is 4.79 Å². The molecule has 2 aliphatic rings. The minimum absolute atomic E-state index is 0.0461. The van der Waals surface area contributed by atoms with E-state index in [0.29, 0.717) is 24.9 Å². The molecule has 1 saturated carbocycles. The third-order valence-corrected chi connectivity index (χ3v) is 7.32. The highest BCUT2D eigenvalue weighted by atomic mass is 32.1. The molecule has 1 aliphatic heterocycles. The van der Waals surface area contributed by atoms with Gasteiger partial charge in [-0.25, -0.2) is 0 Å². The molecule has 0 atom stereocenters. The topological polar surface area (TPSA) is 58.6 Å². The molecule has 0 unspecified atom stereocenters. The lowest BCUT2D eigenvalue weighted by molar-refractivity contribution is -0.133. The van der Waals surface area contributed by atoms with Crippen molar-refractivity contribution in [3.63, 3.8) is 0 Å². The van der Waals surface area contributed by atoms with Crippen LogP contribution in [0, 0.1) is 0 Å². The molecule has 0 bridgehead atoms. The molecule has 2 fully saturated rings. The van der Waals surface area contributed by atoms with Crippen molar-refractivity contribution in [1.82, 2.24) is 15.1 Å². The van der Waals surface area contributed by atoms with Crippen LogP contribution in [0.4, 0.5) is 5.13 Å². The maximum atomic E-state index is 12.6. The number of nitrogens with zero attached hydrogens (tertiary/aromatic N) is 4. The number of hydrogen-bond donors (Lipinski definition) is 0. The number of aromatic nitrogens is 2. The van der Waals surface area contributed by atoms with Gasteiger partial charge in [-0.05, 0) is 36.5 Å². The van der Waals surface area contributed by atoms with Crippen molar-refractivity contribution < 1.29 is 9.53 Å². The maximum absolute atomic E-state index is 12.6. The molecule has 2 heterocycles. The molecule has 0 N–H and O–H groups in total. The van der Waals surface area contributed by atoms with Crippen LogP contribution in [0.15, 0.2) is 24.3 Å². The van der Waals surface area contributed by atoms with Gasteiger partial charge in [-0.3, -0.25) is 4.79 Å². The van der Waals surface area contributed by atoms with Crippen molar-refractivity contribution >= 4 is 22.4 Å². The predicted molar refractivity (Wildman–Crippen MR) is 121 cm³/mol. The molecular weight excluding hydrogens is 396 g/mol. The Labute approximate surface area is 183 Å². The minimum Gasteiger partial charge on any atom is -0.484 e. The molecule has 1 aromatic heterocycles. The van der Waals surface area contributed by atoms with Crippen molar-refractivity contribution in [2.45, 2.75) is 57.8 Å². The summed E-state index contributed by atoms with van der Waals surface area (Å²) in [4.78, 5) is 16.8. The normalized spacial score (nSPS) is 18.1. The average molecular weight is 429 g/mol. The first-order valence-electron chi connectivity index (χ1n) is 11.2. The maximum Gasteiger partial charge on any atom is 0.260 e. The van der Waals surface area contributed by atoms with E-state index in [0.717, 1.165) is 24.0 Å². The zero-order chi connectivity index (χ0) is 20.9. The summed E-state index contributed by atoms with van der Waals surface area (Å²) in [6.45, 7) is 7.40. The van der Waals surface area contributed by atoms with Crippen molar-refractivity contribution in [3.05, 3.63) is 34.8 Å². The second-order valence-electron chi connectivity index (χ2n) is 8.64. The summed E-state index contributed by atoms with van der Waals surface area (Å²) in [7, 11) is 0. The summed E-state index contributed by atoms with van der Waals surface area (Å²) in [6.07, 6.45) is 6.47.